The van der Waals surface area contributed by atoms with Crippen LogP contribution in [0.3, 0.4) is 0 Å². The van der Waals surface area contributed by atoms with Crippen LogP contribution in [0.2, 0.25) is 15.1 Å². The molecule has 8 heteroatoms. The Morgan fingerprint density at radius 3 is 2.61 bits per heavy atom. The first kappa shape index (κ1) is 19.2. The fraction of sp³-hybridized carbons (Fsp3) is 0. The molecule has 2 aromatic carbocycles. The number of amidine groups is 1. The predicted molar refractivity (Wildman–Crippen MR) is 116 cm³/mol. The van der Waals surface area contributed by atoms with Crippen LogP contribution in [0, 0.1) is 0 Å². The maximum absolute atomic E-state index is 12.2. The number of furan rings is 1. The van der Waals surface area contributed by atoms with Crippen molar-refractivity contribution in [1.29, 1.82) is 0 Å². The van der Waals surface area contributed by atoms with Crippen LogP contribution in [0.5, 0.6) is 0 Å². The Balaban J connectivity index is 1.56. The molecule has 1 amide bonds. The first-order valence-corrected chi connectivity index (χ1v) is 10.0. The van der Waals surface area contributed by atoms with E-state index in [0.29, 0.717) is 42.3 Å². The lowest BCUT2D eigenvalue weighted by molar-refractivity contribution is -0.115. The Morgan fingerprint density at radius 2 is 1.82 bits per heavy atom. The van der Waals surface area contributed by atoms with Crippen molar-refractivity contribution in [3.63, 3.8) is 0 Å². The lowest BCUT2D eigenvalue weighted by atomic mass is 10.2. The maximum Gasteiger partial charge on any atom is 0.264 e. The summed E-state index contributed by atoms with van der Waals surface area (Å²) < 4.78 is 5.82. The molecular weight excluding hydrogens is 439 g/mol. The molecule has 0 aliphatic carbocycles. The van der Waals surface area contributed by atoms with E-state index in [-0.39, 0.29) is 5.91 Å². The zero-order chi connectivity index (χ0) is 19.7. The van der Waals surface area contributed by atoms with Gasteiger partial charge < -0.3 is 9.73 Å². The SMILES string of the molecule is O=C1NC(=Nc2ccc(Cl)cc2Cl)SC1=Cc1ccc(-c2cccc(Cl)c2)o1. The van der Waals surface area contributed by atoms with Gasteiger partial charge in [0.15, 0.2) is 5.17 Å². The van der Waals surface area contributed by atoms with E-state index in [2.05, 4.69) is 10.3 Å². The van der Waals surface area contributed by atoms with Crippen LogP contribution in [0.15, 0.2) is 68.9 Å². The minimum atomic E-state index is -0.255. The number of nitrogens with one attached hydrogen (secondary N) is 1. The van der Waals surface area contributed by atoms with Gasteiger partial charge in [0.05, 0.1) is 15.6 Å². The van der Waals surface area contributed by atoms with Gasteiger partial charge in [-0.3, -0.25) is 4.79 Å². The topological polar surface area (TPSA) is 54.6 Å². The van der Waals surface area contributed by atoms with E-state index >= 15 is 0 Å². The summed E-state index contributed by atoms with van der Waals surface area (Å²) in [5.74, 6) is 0.965. The van der Waals surface area contributed by atoms with Crippen LogP contribution >= 0.6 is 46.6 Å². The number of hydrogen-bond acceptors (Lipinski definition) is 4. The zero-order valence-corrected chi connectivity index (χ0v) is 17.2. The number of amides is 1. The van der Waals surface area contributed by atoms with Gasteiger partial charge in [-0.25, -0.2) is 4.99 Å². The van der Waals surface area contributed by atoms with E-state index in [0.717, 1.165) is 5.56 Å². The van der Waals surface area contributed by atoms with E-state index < -0.39 is 0 Å². The van der Waals surface area contributed by atoms with Crippen LogP contribution in [0.25, 0.3) is 17.4 Å². The van der Waals surface area contributed by atoms with Crippen molar-refractivity contribution in [1.82, 2.24) is 5.32 Å². The number of carbonyl (C=O) groups is 1. The normalized spacial score (nSPS) is 16.8. The van der Waals surface area contributed by atoms with Crippen molar-refractivity contribution >= 4 is 69.4 Å². The molecule has 3 aromatic rings. The lowest BCUT2D eigenvalue weighted by Crippen LogP contribution is -2.19. The Hall–Kier alpha value is -2.18. The highest BCUT2D eigenvalue weighted by Gasteiger charge is 2.24. The second-order valence-corrected chi connectivity index (χ2v) is 8.10. The van der Waals surface area contributed by atoms with Gasteiger partial charge in [0, 0.05) is 21.7 Å². The molecule has 1 aliphatic rings. The lowest BCUT2D eigenvalue weighted by Gasteiger charge is -1.99. The van der Waals surface area contributed by atoms with Crippen LogP contribution in [-0.2, 0) is 4.79 Å². The monoisotopic (exact) mass is 448 g/mol. The minimum absolute atomic E-state index is 0.255. The molecule has 4 rings (SSSR count). The van der Waals surface area contributed by atoms with E-state index in [1.807, 2.05) is 24.3 Å². The summed E-state index contributed by atoms with van der Waals surface area (Å²) >= 11 is 19.2. The molecule has 4 nitrogen and oxygen atoms in total. The molecule has 1 N–H and O–H groups in total. The fourth-order valence-electron chi connectivity index (χ4n) is 2.52. The summed E-state index contributed by atoms with van der Waals surface area (Å²) in [6.45, 7) is 0. The van der Waals surface area contributed by atoms with Crippen molar-refractivity contribution in [3.05, 3.63) is 80.3 Å². The molecule has 0 unspecified atom stereocenters. The Labute approximate surface area is 180 Å². The van der Waals surface area contributed by atoms with E-state index in [9.17, 15) is 4.79 Å². The van der Waals surface area contributed by atoms with Crippen molar-refractivity contribution in [2.75, 3.05) is 0 Å². The fourth-order valence-corrected chi connectivity index (χ4v) is 3.97. The summed E-state index contributed by atoms with van der Waals surface area (Å²) in [4.78, 5) is 17.1. The maximum atomic E-state index is 12.2. The molecule has 2 heterocycles. The number of nitrogens with zero attached hydrogens (tertiary/aromatic N) is 1. The highest BCUT2D eigenvalue weighted by Crippen LogP contribution is 2.33. The van der Waals surface area contributed by atoms with Gasteiger partial charge in [-0.15, -0.1) is 0 Å². The van der Waals surface area contributed by atoms with Gasteiger partial charge in [0.1, 0.15) is 11.5 Å². The minimum Gasteiger partial charge on any atom is -0.457 e. The number of rotatable bonds is 3. The molecule has 1 aliphatic heterocycles. The van der Waals surface area contributed by atoms with E-state index in [4.69, 9.17) is 39.2 Å². The highest BCUT2D eigenvalue weighted by molar-refractivity contribution is 8.18. The molecule has 0 atom stereocenters. The molecule has 0 bridgehead atoms. The first-order valence-electron chi connectivity index (χ1n) is 8.08. The summed E-state index contributed by atoms with van der Waals surface area (Å²) in [6, 6.07) is 16.0. The largest absolute Gasteiger partial charge is 0.457 e. The van der Waals surface area contributed by atoms with Gasteiger partial charge in [-0.2, -0.15) is 0 Å². The number of halogens is 3. The average molecular weight is 450 g/mol. The van der Waals surface area contributed by atoms with Gasteiger partial charge in [-0.1, -0.05) is 46.9 Å². The average Bonchev–Trinajstić information content (AvgIpc) is 3.25. The predicted octanol–water partition coefficient (Wildman–Crippen LogP) is 6.80. The Kier molecular flexibility index (Phi) is 5.51. The highest BCUT2D eigenvalue weighted by atomic mass is 35.5. The second-order valence-electron chi connectivity index (χ2n) is 5.79. The Morgan fingerprint density at radius 1 is 1.00 bits per heavy atom. The quantitative estimate of drug-likeness (QED) is 0.447. The summed E-state index contributed by atoms with van der Waals surface area (Å²) in [6.07, 6.45) is 1.67. The van der Waals surface area contributed by atoms with Gasteiger partial charge in [0.25, 0.3) is 5.91 Å². The molecule has 0 saturated carbocycles. The number of benzene rings is 2. The van der Waals surface area contributed by atoms with Crippen molar-refractivity contribution in [2.24, 2.45) is 4.99 Å². The van der Waals surface area contributed by atoms with Crippen LogP contribution < -0.4 is 5.32 Å². The molecule has 1 aromatic heterocycles. The number of aliphatic imine (C=N–C) groups is 1. The molecule has 1 fully saturated rings. The molecular formula is C20H11Cl3N2O2S. The smallest absolute Gasteiger partial charge is 0.264 e. The third-order valence-electron chi connectivity index (χ3n) is 3.79. The number of carbonyl (C=O) groups excluding carboxylic acids is 1. The second kappa shape index (κ2) is 8.05. The number of thioether (sulfide) groups is 1. The van der Waals surface area contributed by atoms with Gasteiger partial charge >= 0.3 is 0 Å². The standard InChI is InChI=1S/C20H11Cl3N2O2S/c21-12-3-1-2-11(8-12)17-7-5-14(27-17)10-18-19(26)25-20(28-18)24-16-6-4-13(22)9-15(16)23/h1-10H,(H,24,25,26). The molecule has 1 saturated heterocycles. The number of hydrogen-bond donors (Lipinski definition) is 1. The summed E-state index contributed by atoms with van der Waals surface area (Å²) in [5, 5.41) is 4.70. The van der Waals surface area contributed by atoms with Gasteiger partial charge in [0.2, 0.25) is 0 Å². The first-order chi connectivity index (χ1) is 13.5. The molecule has 28 heavy (non-hydrogen) atoms. The molecule has 0 radical (unpaired) electrons. The van der Waals surface area contributed by atoms with Gasteiger partial charge in [-0.05, 0) is 54.2 Å². The summed E-state index contributed by atoms with van der Waals surface area (Å²) in [5.41, 5.74) is 1.39. The van der Waals surface area contributed by atoms with Crippen molar-refractivity contribution < 1.29 is 9.21 Å². The van der Waals surface area contributed by atoms with Crippen molar-refractivity contribution in [3.8, 4) is 11.3 Å². The Bertz CT molecular complexity index is 1140. The third-order valence-corrected chi connectivity index (χ3v) is 5.47. The van der Waals surface area contributed by atoms with Crippen LogP contribution in [0.1, 0.15) is 5.76 Å². The molecule has 0 spiro atoms. The summed E-state index contributed by atoms with van der Waals surface area (Å²) in [7, 11) is 0. The van der Waals surface area contributed by atoms with Crippen molar-refractivity contribution in [2.45, 2.75) is 0 Å². The molecule has 140 valence electrons. The van der Waals surface area contributed by atoms with E-state index in [1.54, 1.807) is 36.4 Å². The van der Waals surface area contributed by atoms with E-state index in [1.165, 1.54) is 11.8 Å². The van der Waals surface area contributed by atoms with Crippen LogP contribution in [-0.4, -0.2) is 11.1 Å². The third kappa shape index (κ3) is 4.28. The van der Waals surface area contributed by atoms with Crippen LogP contribution in [0.4, 0.5) is 5.69 Å². The zero-order valence-electron chi connectivity index (χ0n) is 14.1.